The highest BCUT2D eigenvalue weighted by molar-refractivity contribution is 6.03. The lowest BCUT2D eigenvalue weighted by Crippen LogP contribution is -2.13. The van der Waals surface area contributed by atoms with Crippen molar-refractivity contribution in [1.82, 2.24) is 0 Å². The monoisotopic (exact) mass is 397 g/mol. The van der Waals surface area contributed by atoms with Crippen molar-refractivity contribution in [3.63, 3.8) is 0 Å². The molecule has 0 bridgehead atoms. The third-order valence-electron chi connectivity index (χ3n) is 4.74. The van der Waals surface area contributed by atoms with Gasteiger partial charge < -0.3 is 19.5 Å². The number of para-hydroxylation sites is 1. The Balaban J connectivity index is 2.32. The molecule has 0 aliphatic rings. The van der Waals surface area contributed by atoms with Gasteiger partial charge in [-0.05, 0) is 46.7 Å². The summed E-state index contributed by atoms with van der Waals surface area (Å²) in [7, 11) is 4.68. The number of hydrogen-bond acceptors (Lipinski definition) is 4. The van der Waals surface area contributed by atoms with Gasteiger partial charge in [-0.1, -0.05) is 45.9 Å². The summed E-state index contributed by atoms with van der Waals surface area (Å²) in [5.41, 5.74) is 3.93. The molecule has 5 heteroatoms. The van der Waals surface area contributed by atoms with E-state index in [2.05, 4.69) is 45.1 Å². The summed E-state index contributed by atoms with van der Waals surface area (Å²) in [6.45, 7) is 8.50. The Hall–Kier alpha value is -2.95. The van der Waals surface area contributed by atoms with E-state index >= 15 is 0 Å². The van der Waals surface area contributed by atoms with Crippen LogP contribution in [-0.2, 0) is 4.79 Å². The standard InChI is InChI=1S/C24H31NO4/c1-15(2)18-9-8-10-19(16(3)4)23(18)25-22(26)12-11-17-13-20(27-5)24(29-7)21(14-17)28-6/h8-16H,1-7H3,(H,25,26). The van der Waals surface area contributed by atoms with E-state index in [4.69, 9.17) is 14.2 Å². The predicted molar refractivity (Wildman–Crippen MR) is 118 cm³/mol. The van der Waals surface area contributed by atoms with Gasteiger partial charge in [0.15, 0.2) is 11.5 Å². The Morgan fingerprint density at radius 1 is 0.897 bits per heavy atom. The van der Waals surface area contributed by atoms with Crippen molar-refractivity contribution in [2.75, 3.05) is 26.6 Å². The van der Waals surface area contributed by atoms with Crippen molar-refractivity contribution in [2.24, 2.45) is 0 Å². The van der Waals surface area contributed by atoms with E-state index in [1.165, 1.54) is 6.08 Å². The molecule has 0 heterocycles. The van der Waals surface area contributed by atoms with Gasteiger partial charge >= 0.3 is 0 Å². The Morgan fingerprint density at radius 3 is 1.83 bits per heavy atom. The summed E-state index contributed by atoms with van der Waals surface area (Å²) >= 11 is 0. The fourth-order valence-electron chi connectivity index (χ4n) is 3.23. The molecule has 0 unspecified atom stereocenters. The zero-order valence-corrected chi connectivity index (χ0v) is 18.3. The van der Waals surface area contributed by atoms with Gasteiger partial charge in [0, 0.05) is 11.8 Å². The molecule has 2 aromatic carbocycles. The third-order valence-corrected chi connectivity index (χ3v) is 4.74. The maximum Gasteiger partial charge on any atom is 0.248 e. The zero-order valence-electron chi connectivity index (χ0n) is 18.3. The first-order valence-electron chi connectivity index (χ1n) is 9.74. The molecular formula is C24H31NO4. The van der Waals surface area contributed by atoms with Gasteiger partial charge in [-0.2, -0.15) is 0 Å². The summed E-state index contributed by atoms with van der Waals surface area (Å²) in [6, 6.07) is 9.77. The summed E-state index contributed by atoms with van der Waals surface area (Å²) in [6.07, 6.45) is 3.24. The molecule has 0 spiro atoms. The maximum atomic E-state index is 12.7. The Kier molecular flexibility index (Phi) is 7.71. The number of hydrogen-bond donors (Lipinski definition) is 1. The van der Waals surface area contributed by atoms with E-state index in [0.717, 1.165) is 22.4 Å². The number of methoxy groups -OCH3 is 3. The third kappa shape index (κ3) is 5.31. The predicted octanol–water partition coefficient (Wildman–Crippen LogP) is 5.61. The van der Waals surface area contributed by atoms with Crippen molar-refractivity contribution in [3.05, 3.63) is 53.1 Å². The van der Waals surface area contributed by atoms with Crippen LogP contribution < -0.4 is 19.5 Å². The van der Waals surface area contributed by atoms with Crippen LogP contribution in [0.3, 0.4) is 0 Å². The van der Waals surface area contributed by atoms with Gasteiger partial charge in [-0.25, -0.2) is 0 Å². The average Bonchev–Trinajstić information content (AvgIpc) is 2.70. The van der Waals surface area contributed by atoms with Gasteiger partial charge in [-0.15, -0.1) is 0 Å². The minimum atomic E-state index is -0.186. The summed E-state index contributed by atoms with van der Waals surface area (Å²) in [4.78, 5) is 12.7. The quantitative estimate of drug-likeness (QED) is 0.588. The topological polar surface area (TPSA) is 56.8 Å². The first-order chi connectivity index (χ1) is 13.8. The van der Waals surface area contributed by atoms with Crippen LogP contribution in [-0.4, -0.2) is 27.2 Å². The molecule has 156 valence electrons. The molecule has 0 atom stereocenters. The van der Waals surface area contributed by atoms with E-state index in [1.54, 1.807) is 39.5 Å². The van der Waals surface area contributed by atoms with Crippen molar-refractivity contribution >= 4 is 17.7 Å². The van der Waals surface area contributed by atoms with Crippen molar-refractivity contribution in [2.45, 2.75) is 39.5 Å². The second kappa shape index (κ2) is 10.0. The smallest absolute Gasteiger partial charge is 0.248 e. The van der Waals surface area contributed by atoms with Gasteiger partial charge in [0.2, 0.25) is 11.7 Å². The number of anilines is 1. The van der Waals surface area contributed by atoms with E-state index in [0.29, 0.717) is 29.1 Å². The number of carbonyl (C=O) groups excluding carboxylic acids is 1. The zero-order chi connectivity index (χ0) is 21.6. The first-order valence-corrected chi connectivity index (χ1v) is 9.74. The van der Waals surface area contributed by atoms with Gasteiger partial charge in [0.25, 0.3) is 0 Å². The Morgan fingerprint density at radius 2 is 1.41 bits per heavy atom. The normalized spacial score (nSPS) is 11.2. The summed E-state index contributed by atoms with van der Waals surface area (Å²) < 4.78 is 16.1. The van der Waals surface area contributed by atoms with Crippen molar-refractivity contribution in [3.8, 4) is 17.2 Å². The van der Waals surface area contributed by atoms with Gasteiger partial charge in [0.05, 0.1) is 21.3 Å². The highest BCUT2D eigenvalue weighted by Gasteiger charge is 2.15. The fourth-order valence-corrected chi connectivity index (χ4v) is 3.23. The SMILES string of the molecule is COc1cc(C=CC(=O)Nc2c(C(C)C)cccc2C(C)C)cc(OC)c1OC. The van der Waals surface area contributed by atoms with Crippen LogP contribution in [0.15, 0.2) is 36.4 Å². The van der Waals surface area contributed by atoms with Crippen LogP contribution >= 0.6 is 0 Å². The molecule has 1 amide bonds. The molecule has 0 saturated carbocycles. The summed E-state index contributed by atoms with van der Waals surface area (Å²) in [5.74, 6) is 2.03. The van der Waals surface area contributed by atoms with Crippen molar-refractivity contribution < 1.29 is 19.0 Å². The molecular weight excluding hydrogens is 366 g/mol. The minimum Gasteiger partial charge on any atom is -0.493 e. The number of benzene rings is 2. The van der Waals surface area contributed by atoms with Crippen molar-refractivity contribution in [1.29, 1.82) is 0 Å². The largest absolute Gasteiger partial charge is 0.493 e. The van der Waals surface area contributed by atoms with Crippen LogP contribution in [0.1, 0.15) is 56.2 Å². The highest BCUT2D eigenvalue weighted by Crippen LogP contribution is 2.38. The molecule has 29 heavy (non-hydrogen) atoms. The molecule has 5 nitrogen and oxygen atoms in total. The molecule has 0 saturated heterocycles. The molecule has 2 rings (SSSR count). The highest BCUT2D eigenvalue weighted by atomic mass is 16.5. The van der Waals surface area contributed by atoms with Gasteiger partial charge in [0.1, 0.15) is 0 Å². The number of nitrogens with one attached hydrogen (secondary N) is 1. The molecule has 0 aromatic heterocycles. The molecule has 0 aliphatic heterocycles. The van der Waals surface area contributed by atoms with Crippen LogP contribution in [0.4, 0.5) is 5.69 Å². The lowest BCUT2D eigenvalue weighted by atomic mass is 9.92. The van der Waals surface area contributed by atoms with E-state index in [9.17, 15) is 4.79 Å². The van der Waals surface area contributed by atoms with E-state index in [-0.39, 0.29) is 5.91 Å². The van der Waals surface area contributed by atoms with Crippen LogP contribution in [0.25, 0.3) is 6.08 Å². The average molecular weight is 398 g/mol. The minimum absolute atomic E-state index is 0.186. The van der Waals surface area contributed by atoms with E-state index in [1.807, 2.05) is 6.07 Å². The molecule has 0 aliphatic carbocycles. The number of carbonyl (C=O) groups is 1. The molecule has 0 radical (unpaired) electrons. The van der Waals surface area contributed by atoms with E-state index < -0.39 is 0 Å². The lowest BCUT2D eigenvalue weighted by molar-refractivity contribution is -0.111. The number of rotatable bonds is 8. The Labute approximate surface area is 173 Å². The van der Waals surface area contributed by atoms with Crippen LogP contribution in [0.2, 0.25) is 0 Å². The van der Waals surface area contributed by atoms with Crippen LogP contribution in [0, 0.1) is 0 Å². The molecule has 2 aromatic rings. The lowest BCUT2D eigenvalue weighted by Gasteiger charge is -2.19. The molecule has 1 N–H and O–H groups in total. The van der Waals surface area contributed by atoms with Crippen LogP contribution in [0.5, 0.6) is 17.2 Å². The number of ether oxygens (including phenoxy) is 3. The maximum absolute atomic E-state index is 12.7. The number of amides is 1. The fraction of sp³-hybridized carbons (Fsp3) is 0.375. The molecule has 0 fully saturated rings. The second-order valence-electron chi connectivity index (χ2n) is 7.40. The second-order valence-corrected chi connectivity index (χ2v) is 7.40. The Bertz CT molecular complexity index is 833. The summed E-state index contributed by atoms with van der Waals surface area (Å²) in [5, 5.41) is 3.08. The first kappa shape index (κ1) is 22.3. The van der Waals surface area contributed by atoms with Gasteiger partial charge in [-0.3, -0.25) is 4.79 Å².